The van der Waals surface area contributed by atoms with E-state index in [0.717, 1.165) is 77.2 Å². The molecule has 5 amide bonds. The molecule has 0 aromatic heterocycles. The van der Waals surface area contributed by atoms with E-state index in [1.165, 1.54) is 96.8 Å². The molecule has 8 fully saturated rings. The monoisotopic (exact) mass is 787 g/mol. The fourth-order valence-electron chi connectivity index (χ4n) is 11.2. The van der Waals surface area contributed by atoms with Gasteiger partial charge < -0.3 is 45.6 Å². The van der Waals surface area contributed by atoms with E-state index in [4.69, 9.17) is 5.11 Å². The molecular weight excluding hydrogens is 709 g/mol. The van der Waals surface area contributed by atoms with Crippen LogP contribution in [0.25, 0.3) is 0 Å². The molecule has 0 bridgehead atoms. The van der Waals surface area contributed by atoms with E-state index < -0.39 is 5.97 Å². The maximum absolute atomic E-state index is 12.5. The van der Waals surface area contributed by atoms with Crippen LogP contribution >= 0.6 is 0 Å². The molecule has 56 heavy (non-hydrogen) atoms. The Kier molecular flexibility index (Phi) is 17.4. The molecule has 6 aliphatic heterocycles. The lowest BCUT2D eigenvalue weighted by atomic mass is 9.89. The maximum atomic E-state index is 12.5. The van der Waals surface area contributed by atoms with Crippen molar-refractivity contribution in [2.24, 2.45) is 0 Å². The van der Waals surface area contributed by atoms with Crippen molar-refractivity contribution in [3.8, 4) is 0 Å². The first kappa shape index (κ1) is 44.5. The third-order valence-electron chi connectivity index (χ3n) is 14.1. The molecule has 4 N–H and O–H groups in total. The number of carboxylic acid groups (broad SMARTS) is 1. The number of aliphatic carboxylic acids is 1. The van der Waals surface area contributed by atoms with Crippen molar-refractivity contribution in [3.05, 3.63) is 0 Å². The molecule has 0 aromatic carbocycles. The van der Waals surface area contributed by atoms with Gasteiger partial charge in [-0.15, -0.1) is 0 Å². The van der Waals surface area contributed by atoms with Gasteiger partial charge in [0.25, 0.3) is 0 Å². The zero-order chi connectivity index (χ0) is 38.7. The number of carbonyl (C=O) groups excluding carboxylic acids is 3. The van der Waals surface area contributed by atoms with Gasteiger partial charge in [-0.2, -0.15) is 0 Å². The average molecular weight is 787 g/mol. The smallest absolute Gasteiger partial charge is 0.318 e. The van der Waals surface area contributed by atoms with E-state index in [2.05, 4.69) is 47.4 Å². The van der Waals surface area contributed by atoms with Crippen LogP contribution in [0.3, 0.4) is 0 Å². The van der Waals surface area contributed by atoms with Crippen LogP contribution in [0.1, 0.15) is 150 Å². The number of piperidine rings is 4. The zero-order valence-corrected chi connectivity index (χ0v) is 34.2. The first-order valence-corrected chi connectivity index (χ1v) is 22.6. The molecule has 13 heteroatoms. The quantitative estimate of drug-likeness (QED) is 0.249. The maximum Gasteiger partial charge on any atom is 0.318 e. The molecule has 8 aliphatic rings. The topological polar surface area (TPSA) is 141 Å². The summed E-state index contributed by atoms with van der Waals surface area (Å²) in [5, 5.41) is 17.9. The standard InChI is InChI=1S/C21H36N4O2.C17H30N4O.C4H8O2.CH4/c1-2-5-20(26)24-14-8-16(9-15-24)23-12-10-17(11-13-23)25-19-7-4-3-6-18(19)22-21(25)27;22-17-19-15-3-1-2-4-16(15)21(17)14-7-11-20(12-8-14)13-5-9-18-10-6-13;1-2-3-4(5)6;/h16-19H,2-15H2,1H3,(H,22,27);13-16,18H,1-12H2,(H,19,22);2-3H2,1H3,(H,5,6);1H4/t18-,19-;15-,16-;;/m11../s1. The molecule has 0 radical (unpaired) electrons. The summed E-state index contributed by atoms with van der Waals surface area (Å²) in [6.07, 6.45) is 21.8. The van der Waals surface area contributed by atoms with Crippen molar-refractivity contribution in [2.75, 3.05) is 52.4 Å². The number of nitrogens with one attached hydrogen (secondary N) is 3. The predicted octanol–water partition coefficient (Wildman–Crippen LogP) is 5.62. The summed E-state index contributed by atoms with van der Waals surface area (Å²) in [5.74, 6) is -0.380. The van der Waals surface area contributed by atoms with Crippen molar-refractivity contribution in [2.45, 2.75) is 198 Å². The molecular formula is C43H78N8O5. The molecule has 6 saturated heterocycles. The van der Waals surface area contributed by atoms with Crippen LogP contribution in [0.5, 0.6) is 0 Å². The van der Waals surface area contributed by atoms with Crippen LogP contribution in [0.2, 0.25) is 0 Å². The Morgan fingerprint density at radius 3 is 1.39 bits per heavy atom. The summed E-state index contributed by atoms with van der Waals surface area (Å²) in [5.41, 5.74) is 0. The summed E-state index contributed by atoms with van der Waals surface area (Å²) in [6, 6.07) is 4.45. The third-order valence-corrected chi connectivity index (χ3v) is 14.1. The SMILES string of the molecule is C.CCCC(=O)N1CCC(N2CCC(N3C(=O)N[C@@H]4CCCC[C@H]43)CC2)CC1.CCCC(=O)O.O=C1N[C@@H]2CCCC[C@H]2N1C1CCN(C2CCNCC2)CC1. The minimum Gasteiger partial charge on any atom is -0.481 e. The van der Waals surface area contributed by atoms with Crippen LogP contribution in [0.15, 0.2) is 0 Å². The lowest BCUT2D eigenvalue weighted by Gasteiger charge is -2.44. The number of fused-ring (bicyclic) bond motifs is 2. The minimum absolute atomic E-state index is 0. The van der Waals surface area contributed by atoms with Gasteiger partial charge in [0.15, 0.2) is 0 Å². The average Bonchev–Trinajstić information content (AvgIpc) is 3.74. The largest absolute Gasteiger partial charge is 0.481 e. The highest BCUT2D eigenvalue weighted by atomic mass is 16.4. The van der Waals surface area contributed by atoms with E-state index >= 15 is 0 Å². The Bertz CT molecular complexity index is 1240. The van der Waals surface area contributed by atoms with Crippen molar-refractivity contribution in [1.29, 1.82) is 0 Å². The number of carboxylic acids is 1. The Labute approximate surface area is 338 Å². The van der Waals surface area contributed by atoms with Gasteiger partial charge in [-0.1, -0.05) is 47.0 Å². The van der Waals surface area contributed by atoms with Crippen LogP contribution in [-0.2, 0) is 9.59 Å². The third kappa shape index (κ3) is 11.3. The summed E-state index contributed by atoms with van der Waals surface area (Å²) in [7, 11) is 0. The minimum atomic E-state index is -0.711. The zero-order valence-electron chi connectivity index (χ0n) is 34.2. The van der Waals surface area contributed by atoms with Crippen LogP contribution in [0, 0.1) is 0 Å². The van der Waals surface area contributed by atoms with Gasteiger partial charge in [0.1, 0.15) is 0 Å². The highest BCUT2D eigenvalue weighted by molar-refractivity contribution is 5.79. The molecule has 4 atom stereocenters. The lowest BCUT2D eigenvalue weighted by molar-refractivity contribution is -0.137. The van der Waals surface area contributed by atoms with Crippen molar-refractivity contribution in [1.82, 2.24) is 40.4 Å². The molecule has 13 nitrogen and oxygen atoms in total. The van der Waals surface area contributed by atoms with Crippen LogP contribution in [-0.4, -0.2) is 154 Å². The van der Waals surface area contributed by atoms with E-state index in [1.54, 1.807) is 0 Å². The Hall–Kier alpha value is -2.64. The second-order valence-corrected chi connectivity index (χ2v) is 17.7. The van der Waals surface area contributed by atoms with E-state index in [1.807, 2.05) is 6.92 Å². The molecule has 2 aliphatic carbocycles. The number of amides is 5. The van der Waals surface area contributed by atoms with E-state index in [9.17, 15) is 19.2 Å². The highest BCUT2D eigenvalue weighted by Gasteiger charge is 2.46. The van der Waals surface area contributed by atoms with Gasteiger partial charge in [0, 0.05) is 76.3 Å². The van der Waals surface area contributed by atoms with E-state index in [-0.39, 0.29) is 19.5 Å². The van der Waals surface area contributed by atoms with Gasteiger partial charge in [-0.3, -0.25) is 9.59 Å². The van der Waals surface area contributed by atoms with Gasteiger partial charge in [-0.05, 0) is 103 Å². The summed E-state index contributed by atoms with van der Waals surface area (Å²) in [6.45, 7) is 12.6. The molecule has 2 saturated carbocycles. The molecule has 6 heterocycles. The molecule has 8 rings (SSSR count). The Morgan fingerprint density at radius 2 is 0.982 bits per heavy atom. The number of nitrogens with zero attached hydrogens (tertiary/aromatic N) is 5. The normalized spacial score (nSPS) is 29.8. The molecule has 0 aromatic rings. The number of hydrogen-bond acceptors (Lipinski definition) is 7. The first-order chi connectivity index (χ1) is 26.8. The van der Waals surface area contributed by atoms with Gasteiger partial charge in [0.2, 0.25) is 5.91 Å². The molecule has 0 unspecified atom stereocenters. The summed E-state index contributed by atoms with van der Waals surface area (Å²) >= 11 is 0. The lowest BCUT2D eigenvalue weighted by Crippen LogP contribution is -2.53. The van der Waals surface area contributed by atoms with Gasteiger partial charge >= 0.3 is 18.0 Å². The second-order valence-electron chi connectivity index (χ2n) is 17.7. The second kappa shape index (κ2) is 21.9. The predicted molar refractivity (Wildman–Crippen MR) is 222 cm³/mol. The van der Waals surface area contributed by atoms with Gasteiger partial charge in [0.05, 0.1) is 24.2 Å². The van der Waals surface area contributed by atoms with Gasteiger partial charge in [-0.25, -0.2) is 9.59 Å². The highest BCUT2D eigenvalue weighted by Crippen LogP contribution is 2.34. The number of likely N-dealkylation sites (tertiary alicyclic amines) is 3. The number of rotatable bonds is 8. The first-order valence-electron chi connectivity index (χ1n) is 22.6. The van der Waals surface area contributed by atoms with Crippen molar-refractivity contribution < 1.29 is 24.3 Å². The van der Waals surface area contributed by atoms with Crippen LogP contribution < -0.4 is 16.0 Å². The number of carbonyl (C=O) groups is 4. The summed E-state index contributed by atoms with van der Waals surface area (Å²) in [4.78, 5) is 58.5. The number of urea groups is 2. The van der Waals surface area contributed by atoms with E-state index in [0.29, 0.717) is 61.0 Å². The van der Waals surface area contributed by atoms with Crippen LogP contribution in [0.4, 0.5) is 9.59 Å². The van der Waals surface area contributed by atoms with Crippen molar-refractivity contribution in [3.63, 3.8) is 0 Å². The molecule has 0 spiro atoms. The Balaban J connectivity index is 0.000000187. The molecule has 320 valence electrons. The Morgan fingerprint density at radius 1 is 0.571 bits per heavy atom. The van der Waals surface area contributed by atoms with Crippen molar-refractivity contribution >= 4 is 23.9 Å². The summed E-state index contributed by atoms with van der Waals surface area (Å²) < 4.78 is 0. The number of hydrogen-bond donors (Lipinski definition) is 4. The fourth-order valence-corrected chi connectivity index (χ4v) is 11.2. The fraction of sp³-hybridized carbons (Fsp3) is 0.907.